The molecule has 4 atom stereocenters. The number of imidazole rings is 1. The van der Waals surface area contributed by atoms with Crippen molar-refractivity contribution in [3.63, 3.8) is 0 Å². The zero-order chi connectivity index (χ0) is 17.6. The highest BCUT2D eigenvalue weighted by Gasteiger charge is 2.45. The van der Waals surface area contributed by atoms with E-state index in [1.807, 2.05) is 0 Å². The van der Waals surface area contributed by atoms with Crippen molar-refractivity contribution in [2.75, 3.05) is 12.3 Å². The van der Waals surface area contributed by atoms with Crippen LogP contribution in [0.1, 0.15) is 6.23 Å². The molecule has 0 amide bonds. The third kappa shape index (κ3) is 3.20. The highest BCUT2D eigenvalue weighted by Crippen LogP contribution is 2.38. The van der Waals surface area contributed by atoms with Gasteiger partial charge in [-0.15, -0.1) is 0 Å². The van der Waals surface area contributed by atoms with Crippen LogP contribution in [0.25, 0.3) is 11.2 Å². The monoisotopic (exact) mass is 379 g/mol. The van der Waals surface area contributed by atoms with Crippen LogP contribution in [-0.4, -0.2) is 64.4 Å². The molecule has 0 aromatic carbocycles. The van der Waals surface area contributed by atoms with E-state index in [0.29, 0.717) is 11.2 Å². The molecule has 0 radical (unpaired) electrons. The van der Waals surface area contributed by atoms with Crippen LogP contribution in [0.2, 0.25) is 0 Å². The number of phosphoric ester groups is 1. The van der Waals surface area contributed by atoms with E-state index in [1.165, 1.54) is 10.9 Å². The minimum atomic E-state index is -4.73. The molecule has 0 saturated carbocycles. The van der Waals surface area contributed by atoms with Gasteiger partial charge in [-0.05, 0) is 0 Å². The Bertz CT molecular complexity index is 865. The molecule has 1 unspecified atom stereocenters. The molecule has 1 fully saturated rings. The lowest BCUT2D eigenvalue weighted by atomic mass is 10.1. The summed E-state index contributed by atoms with van der Waals surface area (Å²) in [4.78, 5) is 28.1. The van der Waals surface area contributed by atoms with Crippen LogP contribution in [0.5, 0.6) is 0 Å². The van der Waals surface area contributed by atoms with E-state index in [9.17, 15) is 14.8 Å². The van der Waals surface area contributed by atoms with Crippen molar-refractivity contribution in [1.29, 1.82) is 0 Å². The number of hydrogen-bond acceptors (Lipinski definition) is 9. The number of H-pyrrole nitrogens is 1. The van der Waals surface area contributed by atoms with Crippen LogP contribution >= 0.6 is 20.0 Å². The zero-order valence-corrected chi connectivity index (χ0v) is 13.6. The zero-order valence-electron chi connectivity index (χ0n) is 11.9. The van der Waals surface area contributed by atoms with E-state index in [4.69, 9.17) is 32.5 Å². The van der Waals surface area contributed by atoms with Gasteiger partial charge in [-0.3, -0.25) is 9.09 Å². The van der Waals surface area contributed by atoms with Gasteiger partial charge in [-0.1, -0.05) is 12.2 Å². The van der Waals surface area contributed by atoms with E-state index in [0.717, 1.165) is 0 Å². The molecule has 0 bridgehead atoms. The second-order valence-electron chi connectivity index (χ2n) is 5.11. The van der Waals surface area contributed by atoms with Gasteiger partial charge >= 0.3 is 7.82 Å². The second kappa shape index (κ2) is 6.13. The van der Waals surface area contributed by atoms with Crippen LogP contribution in [0.3, 0.4) is 0 Å². The highest BCUT2D eigenvalue weighted by atomic mass is 32.1. The van der Waals surface area contributed by atoms with Crippen molar-refractivity contribution < 1.29 is 33.8 Å². The number of nitrogen functional groups attached to an aromatic ring is 1. The Morgan fingerprint density at radius 1 is 1.46 bits per heavy atom. The van der Waals surface area contributed by atoms with Crippen LogP contribution in [0.4, 0.5) is 5.95 Å². The number of phosphoric acid groups is 1. The lowest BCUT2D eigenvalue weighted by Crippen LogP contribution is -2.33. The summed E-state index contributed by atoms with van der Waals surface area (Å²) in [5.74, 6) is 0.0312. The number of aliphatic hydroxyl groups excluding tert-OH is 2. The Balaban J connectivity index is 1.90. The van der Waals surface area contributed by atoms with Crippen LogP contribution in [0.15, 0.2) is 6.33 Å². The highest BCUT2D eigenvalue weighted by molar-refractivity contribution is 7.71. The van der Waals surface area contributed by atoms with Crippen molar-refractivity contribution in [3.8, 4) is 0 Å². The minimum Gasteiger partial charge on any atom is -0.387 e. The number of aromatic nitrogens is 4. The molecule has 3 rings (SSSR count). The van der Waals surface area contributed by atoms with Gasteiger partial charge in [0.05, 0.1) is 12.9 Å². The molecule has 12 nitrogen and oxygen atoms in total. The number of nitrogens with two attached hydrogens (primary N) is 1. The van der Waals surface area contributed by atoms with Crippen molar-refractivity contribution in [1.82, 2.24) is 19.5 Å². The molecular formula is C10H14N5O7PS. The Morgan fingerprint density at radius 2 is 2.17 bits per heavy atom. The molecule has 0 aliphatic carbocycles. The number of hydrogen-bond donors (Lipinski definition) is 6. The second-order valence-corrected chi connectivity index (χ2v) is 6.73. The van der Waals surface area contributed by atoms with Gasteiger partial charge < -0.3 is 35.5 Å². The van der Waals surface area contributed by atoms with Crippen molar-refractivity contribution >= 4 is 37.2 Å². The molecule has 1 saturated heterocycles. The van der Waals surface area contributed by atoms with Crippen LogP contribution in [-0.2, 0) is 13.8 Å². The van der Waals surface area contributed by atoms with Crippen molar-refractivity contribution in [2.45, 2.75) is 24.5 Å². The topological polar surface area (TPSA) is 189 Å². The molecule has 2 aromatic rings. The summed E-state index contributed by atoms with van der Waals surface area (Å²) < 4.78 is 22.0. The quantitative estimate of drug-likeness (QED) is 0.276. The minimum absolute atomic E-state index is 0.0312. The summed E-state index contributed by atoms with van der Waals surface area (Å²) in [5, 5.41) is 20.2. The Hall–Kier alpha value is -1.44. The van der Waals surface area contributed by atoms with E-state index in [1.54, 1.807) is 0 Å². The van der Waals surface area contributed by atoms with Gasteiger partial charge in [0.25, 0.3) is 0 Å². The fraction of sp³-hybridized carbons (Fsp3) is 0.500. The average Bonchev–Trinajstić information content (AvgIpc) is 3.00. The van der Waals surface area contributed by atoms with Gasteiger partial charge in [-0.2, -0.15) is 0 Å². The number of nitrogens with zero attached hydrogens (tertiary/aromatic N) is 3. The first-order valence-corrected chi connectivity index (χ1v) is 8.55. The Labute approximate surface area is 139 Å². The molecule has 132 valence electrons. The maximum absolute atomic E-state index is 10.8. The molecular weight excluding hydrogens is 365 g/mol. The van der Waals surface area contributed by atoms with Gasteiger partial charge in [-0.25, -0.2) is 14.5 Å². The maximum Gasteiger partial charge on any atom is 0.469 e. The number of rotatable bonds is 4. The van der Waals surface area contributed by atoms with E-state index >= 15 is 0 Å². The van der Waals surface area contributed by atoms with E-state index in [2.05, 4.69) is 19.5 Å². The predicted molar refractivity (Wildman–Crippen MR) is 81.0 cm³/mol. The summed E-state index contributed by atoms with van der Waals surface area (Å²) in [6.45, 7) is -0.606. The Morgan fingerprint density at radius 3 is 2.83 bits per heavy atom. The maximum atomic E-state index is 10.8. The molecule has 1 aliphatic heterocycles. The first kappa shape index (κ1) is 17.4. The fourth-order valence-corrected chi connectivity index (χ4v) is 3.00. The lowest BCUT2D eigenvalue weighted by Gasteiger charge is -2.17. The van der Waals surface area contributed by atoms with Gasteiger partial charge in [0.15, 0.2) is 16.8 Å². The molecule has 0 spiro atoms. The number of nitrogens with one attached hydrogen (secondary N) is 1. The number of ether oxygens (including phenoxy) is 1. The van der Waals surface area contributed by atoms with Crippen molar-refractivity contribution in [3.05, 3.63) is 11.0 Å². The van der Waals surface area contributed by atoms with Gasteiger partial charge in [0.2, 0.25) is 0 Å². The van der Waals surface area contributed by atoms with E-state index in [-0.39, 0.29) is 10.6 Å². The standard InChI is InChI=1S/C10H14N5O7PS/c11-10-13-7-4(8(24)14-10)12-2-15(7)9-6(17)5(16)3(22-9)1-21-23(18,19)20/h2-3,5-6,9,16-17H,1H2,(H2,18,19,20)(H3,11,13,14,24)/t3-,5+,6?,9-/m1/s1. The molecule has 7 N–H and O–H groups in total. The molecule has 14 heteroatoms. The van der Waals surface area contributed by atoms with Gasteiger partial charge in [0.1, 0.15) is 29.5 Å². The Kier molecular flexibility index (Phi) is 4.44. The van der Waals surface area contributed by atoms with Crippen molar-refractivity contribution in [2.24, 2.45) is 0 Å². The fourth-order valence-electron chi connectivity index (χ4n) is 2.41. The predicted octanol–water partition coefficient (Wildman–Crippen LogP) is -1.20. The van der Waals surface area contributed by atoms with Gasteiger partial charge in [0, 0.05) is 0 Å². The number of aromatic amines is 1. The first-order valence-electron chi connectivity index (χ1n) is 6.61. The summed E-state index contributed by atoms with van der Waals surface area (Å²) in [6, 6.07) is 0. The lowest BCUT2D eigenvalue weighted by molar-refractivity contribution is -0.0503. The normalized spacial score (nSPS) is 27.8. The SMILES string of the molecule is Nc1nc(=S)c2ncn([C@@H]3O[C@H](COP(=O)(O)O)[C@H](O)C3O)c2[nH]1. The molecule has 1 aliphatic rings. The molecule has 2 aromatic heterocycles. The third-order valence-electron chi connectivity index (χ3n) is 3.48. The summed E-state index contributed by atoms with van der Waals surface area (Å²) >= 11 is 5.04. The number of anilines is 1. The largest absolute Gasteiger partial charge is 0.469 e. The smallest absolute Gasteiger partial charge is 0.387 e. The van der Waals surface area contributed by atoms with E-state index < -0.39 is 39.0 Å². The third-order valence-corrected chi connectivity index (χ3v) is 4.25. The van der Waals surface area contributed by atoms with Crippen LogP contribution in [0, 0.1) is 4.64 Å². The average molecular weight is 379 g/mol. The number of aliphatic hydroxyl groups is 2. The van der Waals surface area contributed by atoms with Crippen LogP contribution < -0.4 is 5.73 Å². The molecule has 3 heterocycles. The summed E-state index contributed by atoms with van der Waals surface area (Å²) in [7, 11) is -4.73. The molecule has 24 heavy (non-hydrogen) atoms. The summed E-state index contributed by atoms with van der Waals surface area (Å²) in [5.41, 5.74) is 6.24. The number of fused-ring (bicyclic) bond motifs is 1. The first-order chi connectivity index (χ1) is 11.2. The summed E-state index contributed by atoms with van der Waals surface area (Å²) in [6.07, 6.45) is -3.77.